The van der Waals surface area contributed by atoms with E-state index in [1.165, 1.54) is 19.2 Å². The number of halogens is 2. The highest BCUT2D eigenvalue weighted by atomic mass is 19.3. The van der Waals surface area contributed by atoms with E-state index < -0.39 is 41.9 Å². The van der Waals surface area contributed by atoms with Crippen LogP contribution in [0.15, 0.2) is 60.7 Å². The van der Waals surface area contributed by atoms with Crippen LogP contribution in [0, 0.1) is 0 Å². The molecule has 4 aliphatic rings. The van der Waals surface area contributed by atoms with Gasteiger partial charge >= 0.3 is 6.29 Å². The molecule has 0 bridgehead atoms. The maximum Gasteiger partial charge on any atom is 0.586 e. The van der Waals surface area contributed by atoms with Gasteiger partial charge in [-0.1, -0.05) is 30.3 Å². The Kier molecular flexibility index (Phi) is 6.05. The zero-order valence-electron chi connectivity index (χ0n) is 22.6. The molecule has 3 aromatic rings. The predicted octanol–water partition coefficient (Wildman–Crippen LogP) is 3.83. The zero-order valence-corrected chi connectivity index (χ0v) is 22.6. The van der Waals surface area contributed by atoms with Crippen LogP contribution in [-0.4, -0.2) is 42.5 Å². The minimum Gasteiger partial charge on any atom is -0.497 e. The maximum absolute atomic E-state index is 13.8. The molecule has 2 heterocycles. The van der Waals surface area contributed by atoms with E-state index >= 15 is 0 Å². The van der Waals surface area contributed by atoms with Gasteiger partial charge in [0.2, 0.25) is 5.91 Å². The van der Waals surface area contributed by atoms with E-state index in [1.807, 2.05) is 24.3 Å². The number of hydrogen-bond donors (Lipinski definition) is 3. The molecule has 0 saturated heterocycles. The third-order valence-corrected chi connectivity index (χ3v) is 8.55. The molecule has 1 saturated carbocycles. The van der Waals surface area contributed by atoms with Gasteiger partial charge in [-0.05, 0) is 53.8 Å². The number of hydrogen-bond acceptors (Lipinski definition) is 7. The number of alkyl halides is 2. The van der Waals surface area contributed by atoms with E-state index in [0.717, 1.165) is 11.1 Å². The molecule has 2 aliphatic carbocycles. The van der Waals surface area contributed by atoms with Crippen molar-refractivity contribution in [3.63, 3.8) is 0 Å². The van der Waals surface area contributed by atoms with Crippen molar-refractivity contribution in [2.75, 3.05) is 7.11 Å². The Morgan fingerprint density at radius 2 is 1.74 bits per heavy atom. The van der Waals surface area contributed by atoms with E-state index in [4.69, 9.17) is 9.47 Å². The Balaban J connectivity index is 1.13. The Morgan fingerprint density at radius 1 is 0.952 bits per heavy atom. The summed E-state index contributed by atoms with van der Waals surface area (Å²) in [5.74, 6) is 0.00967. The summed E-state index contributed by atoms with van der Waals surface area (Å²) in [5, 5.41) is 16.7. The number of amides is 2. The van der Waals surface area contributed by atoms with E-state index in [2.05, 4.69) is 20.1 Å². The third-order valence-electron chi connectivity index (χ3n) is 8.55. The van der Waals surface area contributed by atoms with E-state index in [1.54, 1.807) is 24.3 Å². The largest absolute Gasteiger partial charge is 0.586 e. The van der Waals surface area contributed by atoms with Gasteiger partial charge in [0.25, 0.3) is 5.91 Å². The van der Waals surface area contributed by atoms with Gasteiger partial charge in [-0.2, -0.15) is 0 Å². The van der Waals surface area contributed by atoms with Crippen molar-refractivity contribution in [2.45, 2.75) is 61.7 Å². The summed E-state index contributed by atoms with van der Waals surface area (Å²) in [6, 6.07) is 16.0. The molecule has 11 heteroatoms. The molecular formula is C31H28F2N2O7. The fourth-order valence-electron chi connectivity index (χ4n) is 6.18. The first kappa shape index (κ1) is 26.5. The van der Waals surface area contributed by atoms with Crippen LogP contribution in [0.1, 0.15) is 53.6 Å². The third kappa shape index (κ3) is 4.48. The lowest BCUT2D eigenvalue weighted by Gasteiger charge is -2.34. The van der Waals surface area contributed by atoms with Crippen LogP contribution in [-0.2, 0) is 21.4 Å². The molecule has 3 aromatic carbocycles. The molecule has 7 rings (SSSR count). The van der Waals surface area contributed by atoms with Crippen molar-refractivity contribution < 1.29 is 42.4 Å². The number of aliphatic hydroxyl groups is 1. The lowest BCUT2D eigenvalue weighted by molar-refractivity contribution is -0.286. The molecule has 3 N–H and O–H groups in total. The van der Waals surface area contributed by atoms with E-state index in [-0.39, 0.29) is 23.8 Å². The highest BCUT2D eigenvalue weighted by Crippen LogP contribution is 2.52. The van der Waals surface area contributed by atoms with Gasteiger partial charge in [-0.15, -0.1) is 8.78 Å². The molecule has 218 valence electrons. The monoisotopic (exact) mass is 578 g/mol. The quantitative estimate of drug-likeness (QED) is 0.407. The second-order valence-corrected chi connectivity index (χ2v) is 11.1. The van der Waals surface area contributed by atoms with Crippen LogP contribution in [0.25, 0.3) is 0 Å². The number of carbonyl (C=O) groups is 2. The highest BCUT2D eigenvalue weighted by molar-refractivity contribution is 5.92. The first-order chi connectivity index (χ1) is 20.2. The Hall–Kier alpha value is -4.38. The summed E-state index contributed by atoms with van der Waals surface area (Å²) >= 11 is 0. The normalized spacial score (nSPS) is 25.4. The second kappa shape index (κ2) is 9.59. The fraction of sp³-hybridized carbons (Fsp3) is 0.355. The number of fused-ring (bicyclic) bond motifs is 3. The Bertz CT molecular complexity index is 1590. The summed E-state index contributed by atoms with van der Waals surface area (Å²) in [6.45, 7) is 0. The zero-order chi connectivity index (χ0) is 29.2. The Labute approximate surface area is 239 Å². The molecule has 0 radical (unpaired) electrons. The van der Waals surface area contributed by atoms with Gasteiger partial charge < -0.3 is 34.7 Å². The van der Waals surface area contributed by atoms with Crippen molar-refractivity contribution >= 4 is 11.8 Å². The summed E-state index contributed by atoms with van der Waals surface area (Å²) in [7, 11) is 1.52. The van der Waals surface area contributed by atoms with Gasteiger partial charge in [0.15, 0.2) is 17.6 Å². The molecule has 2 amide bonds. The molecule has 42 heavy (non-hydrogen) atoms. The number of benzene rings is 3. The maximum atomic E-state index is 13.8. The molecular weight excluding hydrogens is 550 g/mol. The topological polar surface area (TPSA) is 115 Å². The molecule has 4 atom stereocenters. The number of nitrogens with one attached hydrogen (secondary N) is 2. The average molecular weight is 579 g/mol. The number of rotatable bonds is 6. The van der Waals surface area contributed by atoms with E-state index in [9.17, 15) is 23.5 Å². The summed E-state index contributed by atoms with van der Waals surface area (Å²) in [5.41, 5.74) is 2.14. The van der Waals surface area contributed by atoms with Crippen LogP contribution in [0.3, 0.4) is 0 Å². The van der Waals surface area contributed by atoms with Crippen molar-refractivity contribution in [1.29, 1.82) is 0 Å². The molecule has 0 spiro atoms. The first-order valence-corrected chi connectivity index (χ1v) is 13.8. The summed E-state index contributed by atoms with van der Waals surface area (Å²) in [4.78, 5) is 27.3. The van der Waals surface area contributed by atoms with Crippen LogP contribution in [0.5, 0.6) is 23.0 Å². The van der Waals surface area contributed by atoms with Gasteiger partial charge in [0.1, 0.15) is 11.5 Å². The first-order valence-electron chi connectivity index (χ1n) is 13.8. The predicted molar refractivity (Wildman–Crippen MR) is 144 cm³/mol. The van der Waals surface area contributed by atoms with Crippen LogP contribution >= 0.6 is 0 Å². The number of carbonyl (C=O) groups excluding carboxylic acids is 2. The standard InChI is InChI=1S/C31H28F2N2O7/c1-39-18-7-8-20-21(34-29(38)30(10-11-30)17-6-9-23-25(13-17)42-31(32,33)41-23)15-26(40-24(20)14-18)28(37)35-27-19-5-3-2-4-16(19)12-22(27)36/h2-9,13-14,21-22,26-27,36H,10-12,15H2,1H3,(H,34,38)(H,35,37). The average Bonchev–Trinajstić information content (AvgIpc) is 3.64. The van der Waals surface area contributed by atoms with Crippen molar-refractivity contribution in [3.8, 4) is 23.0 Å². The van der Waals surface area contributed by atoms with Gasteiger partial charge in [0.05, 0.1) is 30.7 Å². The SMILES string of the molecule is COc1ccc2c(c1)OC(C(=O)NC1c3ccccc3CC1O)CC2NC(=O)C1(c2ccc3c(c2)OC(F)(F)O3)CC1. The number of ether oxygens (including phenoxy) is 4. The lowest BCUT2D eigenvalue weighted by Crippen LogP contribution is -2.47. The fourth-order valence-corrected chi connectivity index (χ4v) is 6.18. The van der Waals surface area contributed by atoms with Crippen LogP contribution in [0.4, 0.5) is 8.78 Å². The molecule has 9 nitrogen and oxygen atoms in total. The van der Waals surface area contributed by atoms with Gasteiger partial charge in [0, 0.05) is 24.5 Å². The molecule has 4 unspecified atom stereocenters. The van der Waals surface area contributed by atoms with Gasteiger partial charge in [-0.25, -0.2) is 0 Å². The summed E-state index contributed by atoms with van der Waals surface area (Å²) < 4.78 is 47.7. The number of aliphatic hydroxyl groups excluding tert-OH is 1. The molecule has 1 fully saturated rings. The minimum atomic E-state index is -3.75. The van der Waals surface area contributed by atoms with Crippen molar-refractivity contribution in [2.24, 2.45) is 0 Å². The van der Waals surface area contributed by atoms with Crippen molar-refractivity contribution in [3.05, 3.63) is 82.9 Å². The van der Waals surface area contributed by atoms with Gasteiger partial charge in [-0.3, -0.25) is 9.59 Å². The van der Waals surface area contributed by atoms with E-state index in [0.29, 0.717) is 41.9 Å². The molecule has 2 aliphatic heterocycles. The summed E-state index contributed by atoms with van der Waals surface area (Å²) in [6.07, 6.45) is -3.85. The smallest absolute Gasteiger partial charge is 0.497 e. The van der Waals surface area contributed by atoms with Crippen LogP contribution in [0.2, 0.25) is 0 Å². The highest BCUT2D eigenvalue weighted by Gasteiger charge is 2.53. The minimum absolute atomic E-state index is 0.0869. The Morgan fingerprint density at radius 3 is 2.52 bits per heavy atom. The van der Waals surface area contributed by atoms with Crippen LogP contribution < -0.4 is 29.6 Å². The second-order valence-electron chi connectivity index (χ2n) is 11.1. The lowest BCUT2D eigenvalue weighted by atomic mass is 9.91. The van der Waals surface area contributed by atoms with Crippen molar-refractivity contribution in [1.82, 2.24) is 10.6 Å². The molecule has 0 aromatic heterocycles. The number of methoxy groups -OCH3 is 1.